The highest BCUT2D eigenvalue weighted by molar-refractivity contribution is 5.88. The molecule has 0 radical (unpaired) electrons. The first kappa shape index (κ1) is 18.2. The van der Waals surface area contributed by atoms with Crippen molar-refractivity contribution >= 4 is 11.8 Å². The minimum Gasteiger partial charge on any atom is -0.383 e. The van der Waals surface area contributed by atoms with E-state index in [9.17, 15) is 14.7 Å². The van der Waals surface area contributed by atoms with Crippen molar-refractivity contribution < 1.29 is 14.7 Å². The van der Waals surface area contributed by atoms with Crippen LogP contribution in [0.5, 0.6) is 0 Å². The molecule has 0 aliphatic carbocycles. The maximum absolute atomic E-state index is 11.8. The third kappa shape index (κ3) is 5.18. The molecule has 2 heterocycles. The second-order valence-electron chi connectivity index (χ2n) is 6.99. The third-order valence-corrected chi connectivity index (χ3v) is 5.15. The smallest absolute Gasteiger partial charge is 0.251 e. The van der Waals surface area contributed by atoms with Gasteiger partial charge in [-0.25, -0.2) is 0 Å². The van der Waals surface area contributed by atoms with Crippen LogP contribution >= 0.6 is 0 Å². The highest BCUT2D eigenvalue weighted by Crippen LogP contribution is 2.22. The molecular formula is C17H31N3O3. The van der Waals surface area contributed by atoms with E-state index in [2.05, 4.69) is 24.1 Å². The summed E-state index contributed by atoms with van der Waals surface area (Å²) in [6.45, 7) is 6.89. The maximum Gasteiger partial charge on any atom is 0.251 e. The largest absolute Gasteiger partial charge is 0.383 e. The van der Waals surface area contributed by atoms with E-state index in [0.717, 1.165) is 19.4 Å². The summed E-state index contributed by atoms with van der Waals surface area (Å²) in [5, 5.41) is 12.2. The van der Waals surface area contributed by atoms with Crippen molar-refractivity contribution in [1.29, 1.82) is 0 Å². The molecule has 2 aliphatic rings. The summed E-state index contributed by atoms with van der Waals surface area (Å²) in [6, 6.07) is 1.34. The second-order valence-corrected chi connectivity index (χ2v) is 6.99. The third-order valence-electron chi connectivity index (χ3n) is 5.15. The van der Waals surface area contributed by atoms with Gasteiger partial charge in [-0.15, -0.1) is 0 Å². The molecule has 3 atom stereocenters. The van der Waals surface area contributed by atoms with Crippen LogP contribution < -0.4 is 5.32 Å². The predicted molar refractivity (Wildman–Crippen MR) is 88.9 cm³/mol. The molecule has 2 amide bonds. The molecule has 2 N–H and O–H groups in total. The van der Waals surface area contributed by atoms with Gasteiger partial charge in [0.15, 0.2) is 0 Å². The van der Waals surface area contributed by atoms with Crippen LogP contribution in [0.1, 0.15) is 52.4 Å². The van der Waals surface area contributed by atoms with Gasteiger partial charge >= 0.3 is 0 Å². The maximum atomic E-state index is 11.8. The van der Waals surface area contributed by atoms with E-state index in [1.54, 1.807) is 0 Å². The Morgan fingerprint density at radius 2 is 1.91 bits per heavy atom. The molecule has 132 valence electrons. The Hall–Kier alpha value is -1.14. The van der Waals surface area contributed by atoms with Gasteiger partial charge in [0.05, 0.1) is 6.54 Å². The van der Waals surface area contributed by atoms with Crippen LogP contribution in [0.4, 0.5) is 0 Å². The number of likely N-dealkylation sites (tertiary alicyclic amines) is 2. The van der Waals surface area contributed by atoms with Gasteiger partial charge < -0.3 is 15.3 Å². The van der Waals surface area contributed by atoms with E-state index in [0.29, 0.717) is 31.6 Å². The zero-order chi connectivity index (χ0) is 16.8. The number of nitrogens with zero attached hydrogens (tertiary/aromatic N) is 2. The lowest BCUT2D eigenvalue weighted by Crippen LogP contribution is -2.44. The number of amides is 2. The highest BCUT2D eigenvalue weighted by Gasteiger charge is 2.30. The quantitative estimate of drug-likeness (QED) is 0.677. The molecule has 6 nitrogen and oxygen atoms in total. The lowest BCUT2D eigenvalue weighted by atomic mass is 9.97. The van der Waals surface area contributed by atoms with Crippen LogP contribution in [0.25, 0.3) is 0 Å². The molecule has 23 heavy (non-hydrogen) atoms. The minimum absolute atomic E-state index is 0.0656. The molecule has 0 saturated carbocycles. The van der Waals surface area contributed by atoms with Gasteiger partial charge in [-0.3, -0.25) is 14.5 Å². The molecule has 2 fully saturated rings. The van der Waals surface area contributed by atoms with Crippen molar-refractivity contribution in [2.24, 2.45) is 0 Å². The fourth-order valence-corrected chi connectivity index (χ4v) is 3.67. The highest BCUT2D eigenvalue weighted by atomic mass is 16.3. The van der Waals surface area contributed by atoms with Gasteiger partial charge in [0.1, 0.15) is 6.10 Å². The molecule has 0 aromatic heterocycles. The van der Waals surface area contributed by atoms with Gasteiger partial charge in [-0.2, -0.15) is 0 Å². The molecule has 0 bridgehead atoms. The van der Waals surface area contributed by atoms with Gasteiger partial charge in [0, 0.05) is 25.2 Å². The summed E-state index contributed by atoms with van der Waals surface area (Å²) >= 11 is 0. The number of hydrogen-bond acceptors (Lipinski definition) is 4. The van der Waals surface area contributed by atoms with E-state index < -0.39 is 6.10 Å². The number of carbonyl (C=O) groups excluding carboxylic acids is 2. The first-order valence-corrected chi connectivity index (χ1v) is 8.98. The van der Waals surface area contributed by atoms with E-state index in [1.807, 2.05) is 0 Å². The topological polar surface area (TPSA) is 72.9 Å². The van der Waals surface area contributed by atoms with Crippen LogP contribution in [0, 0.1) is 0 Å². The first-order chi connectivity index (χ1) is 11.0. The van der Waals surface area contributed by atoms with Gasteiger partial charge in [0.2, 0.25) is 5.91 Å². The number of aliphatic hydroxyl groups excluding tert-OH is 1. The van der Waals surface area contributed by atoms with E-state index in [1.165, 1.54) is 24.2 Å². The summed E-state index contributed by atoms with van der Waals surface area (Å²) in [4.78, 5) is 27.4. The Kier molecular flexibility index (Phi) is 6.84. The standard InChI is InChI=1S/C17H31N3O3/c1-13-6-5-7-14(2)20(13)10-4-3-9-18-16(22)12-19-11-8-15(21)17(19)23/h13-15,21H,3-12H2,1-2H3,(H,18,22)/t13-,14+,15-/m1/s1. The van der Waals surface area contributed by atoms with Crippen molar-refractivity contribution in [2.75, 3.05) is 26.2 Å². The first-order valence-electron chi connectivity index (χ1n) is 8.98. The molecule has 0 spiro atoms. The van der Waals surface area contributed by atoms with Crippen LogP contribution in [0.2, 0.25) is 0 Å². The van der Waals surface area contributed by atoms with Crippen molar-refractivity contribution in [3.8, 4) is 0 Å². The summed E-state index contributed by atoms with van der Waals surface area (Å²) in [5.41, 5.74) is 0. The van der Waals surface area contributed by atoms with Crippen molar-refractivity contribution in [1.82, 2.24) is 15.1 Å². The molecule has 0 unspecified atom stereocenters. The zero-order valence-corrected chi connectivity index (χ0v) is 14.5. The van der Waals surface area contributed by atoms with Crippen LogP contribution in [-0.4, -0.2) is 71.1 Å². The molecule has 2 rings (SSSR count). The average Bonchev–Trinajstić information content (AvgIpc) is 2.81. The molecule has 0 aromatic rings. The molecule has 2 aliphatic heterocycles. The number of rotatable bonds is 7. The number of unbranched alkanes of at least 4 members (excludes halogenated alkanes) is 1. The van der Waals surface area contributed by atoms with Crippen LogP contribution in [0.3, 0.4) is 0 Å². The van der Waals surface area contributed by atoms with E-state index in [4.69, 9.17) is 0 Å². The SMILES string of the molecule is C[C@@H]1CCC[C@H](C)N1CCCCNC(=O)CN1CC[C@@H](O)C1=O. The summed E-state index contributed by atoms with van der Waals surface area (Å²) in [6.07, 6.45) is 5.45. The summed E-state index contributed by atoms with van der Waals surface area (Å²) in [5.74, 6) is -0.458. The van der Waals surface area contributed by atoms with Crippen LogP contribution in [0.15, 0.2) is 0 Å². The fourth-order valence-electron chi connectivity index (χ4n) is 3.67. The molecular weight excluding hydrogens is 294 g/mol. The fraction of sp³-hybridized carbons (Fsp3) is 0.882. The van der Waals surface area contributed by atoms with E-state index >= 15 is 0 Å². The van der Waals surface area contributed by atoms with Gasteiger partial charge in [0.25, 0.3) is 5.91 Å². The van der Waals surface area contributed by atoms with Crippen LogP contribution in [-0.2, 0) is 9.59 Å². The normalized spacial score (nSPS) is 29.1. The average molecular weight is 325 g/mol. The lowest BCUT2D eigenvalue weighted by Gasteiger charge is -2.39. The number of hydrogen-bond donors (Lipinski definition) is 2. The van der Waals surface area contributed by atoms with Gasteiger partial charge in [-0.1, -0.05) is 6.42 Å². The predicted octanol–water partition coefficient (Wildman–Crippen LogP) is 0.739. The Labute approximate surface area is 139 Å². The lowest BCUT2D eigenvalue weighted by molar-refractivity contribution is -0.137. The van der Waals surface area contributed by atoms with Crippen molar-refractivity contribution in [3.63, 3.8) is 0 Å². The Morgan fingerprint density at radius 1 is 1.22 bits per heavy atom. The second kappa shape index (κ2) is 8.64. The Balaban J connectivity index is 1.56. The molecule has 0 aromatic carbocycles. The number of aliphatic hydroxyl groups is 1. The molecule has 2 saturated heterocycles. The molecule has 6 heteroatoms. The monoisotopic (exact) mass is 325 g/mol. The zero-order valence-electron chi connectivity index (χ0n) is 14.5. The van der Waals surface area contributed by atoms with Gasteiger partial charge in [-0.05, 0) is 52.5 Å². The summed E-state index contributed by atoms with van der Waals surface area (Å²) < 4.78 is 0. The minimum atomic E-state index is -0.920. The number of piperidine rings is 1. The number of carbonyl (C=O) groups is 2. The van der Waals surface area contributed by atoms with Crippen molar-refractivity contribution in [3.05, 3.63) is 0 Å². The van der Waals surface area contributed by atoms with Crippen molar-refractivity contribution in [2.45, 2.75) is 70.6 Å². The summed E-state index contributed by atoms with van der Waals surface area (Å²) in [7, 11) is 0. The number of nitrogens with one attached hydrogen (secondary N) is 1. The van der Waals surface area contributed by atoms with E-state index in [-0.39, 0.29) is 18.4 Å². The Morgan fingerprint density at radius 3 is 2.52 bits per heavy atom. The Bertz CT molecular complexity index is 406.